The van der Waals surface area contributed by atoms with Gasteiger partial charge in [0.25, 0.3) is 5.91 Å². The van der Waals surface area contributed by atoms with Gasteiger partial charge in [0.15, 0.2) is 5.75 Å². The van der Waals surface area contributed by atoms with Crippen molar-refractivity contribution >= 4 is 17.5 Å². The van der Waals surface area contributed by atoms with Gasteiger partial charge in [0, 0.05) is 31.5 Å². The van der Waals surface area contributed by atoms with Crippen molar-refractivity contribution in [3.05, 3.63) is 23.8 Å². The summed E-state index contributed by atoms with van der Waals surface area (Å²) >= 11 is 0. The summed E-state index contributed by atoms with van der Waals surface area (Å²) in [5.41, 5.74) is 1.01. The zero-order chi connectivity index (χ0) is 24.2. The van der Waals surface area contributed by atoms with E-state index >= 15 is 0 Å². The number of carbonyl (C=O) groups excluding carboxylic acids is 2. The van der Waals surface area contributed by atoms with Gasteiger partial charge in [-0.15, -0.1) is 0 Å². The highest BCUT2D eigenvalue weighted by atomic mass is 16.5. The van der Waals surface area contributed by atoms with E-state index < -0.39 is 0 Å². The topological polar surface area (TPSA) is 82.1 Å². The number of amides is 2. The predicted molar refractivity (Wildman–Crippen MR) is 133 cm³/mol. The molecule has 0 aromatic heterocycles. The van der Waals surface area contributed by atoms with E-state index in [0.717, 1.165) is 31.8 Å². The molecule has 2 aliphatic carbocycles. The van der Waals surface area contributed by atoms with Crippen LogP contribution in [-0.4, -0.2) is 72.2 Å². The minimum Gasteiger partial charge on any atom is -0.486 e. The predicted octanol–water partition coefficient (Wildman–Crippen LogP) is 3.77. The summed E-state index contributed by atoms with van der Waals surface area (Å²) < 4.78 is 6.61. The third kappa shape index (κ3) is 5.92. The molecule has 3 aliphatic rings. The number of anilines is 1. The first-order valence-corrected chi connectivity index (χ1v) is 13.1. The van der Waals surface area contributed by atoms with Gasteiger partial charge >= 0.3 is 0 Å². The van der Waals surface area contributed by atoms with Crippen molar-refractivity contribution in [1.82, 2.24) is 9.80 Å². The lowest BCUT2D eigenvalue weighted by Crippen LogP contribution is -2.50. The number of hydrogen-bond acceptors (Lipinski definition) is 5. The standard InChI is InChI=1S/C27H41N3O4/c1-18-14-30(19(2)17-31)27(33)22-10-7-11-23(28-26(32)21-12-13-21)25(22)34-24(18)16-29(3)15-20-8-5-4-6-9-20/h7,10-11,18-21,24,31H,4-6,8-9,12-17H2,1-3H3,(H,28,32)/t18-,19-,24-/m0/s1. The molecule has 34 heavy (non-hydrogen) atoms. The highest BCUT2D eigenvalue weighted by Gasteiger charge is 2.36. The number of para-hydroxylation sites is 1. The molecule has 1 aromatic rings. The van der Waals surface area contributed by atoms with Gasteiger partial charge in [-0.1, -0.05) is 32.3 Å². The van der Waals surface area contributed by atoms with Crippen LogP contribution in [0.4, 0.5) is 5.69 Å². The Morgan fingerprint density at radius 1 is 1.21 bits per heavy atom. The van der Waals surface area contributed by atoms with E-state index in [2.05, 4.69) is 24.2 Å². The fraction of sp³-hybridized carbons (Fsp3) is 0.704. The van der Waals surface area contributed by atoms with E-state index in [9.17, 15) is 14.7 Å². The first kappa shape index (κ1) is 25.0. The Morgan fingerprint density at radius 3 is 2.62 bits per heavy atom. The van der Waals surface area contributed by atoms with Gasteiger partial charge in [0.2, 0.25) is 5.91 Å². The zero-order valence-corrected chi connectivity index (χ0v) is 21.0. The van der Waals surface area contributed by atoms with Gasteiger partial charge in [-0.2, -0.15) is 0 Å². The molecule has 1 aliphatic heterocycles. The number of ether oxygens (including phenoxy) is 1. The van der Waals surface area contributed by atoms with Crippen LogP contribution in [0.3, 0.4) is 0 Å². The molecule has 0 unspecified atom stereocenters. The summed E-state index contributed by atoms with van der Waals surface area (Å²) in [4.78, 5) is 30.2. The van der Waals surface area contributed by atoms with Crippen molar-refractivity contribution in [1.29, 1.82) is 0 Å². The van der Waals surface area contributed by atoms with E-state index in [1.54, 1.807) is 17.0 Å². The fourth-order valence-corrected chi connectivity index (χ4v) is 5.33. The number of rotatable bonds is 8. The lowest BCUT2D eigenvalue weighted by atomic mass is 9.89. The van der Waals surface area contributed by atoms with Gasteiger partial charge in [0.1, 0.15) is 6.10 Å². The molecule has 7 heteroatoms. The van der Waals surface area contributed by atoms with E-state index in [4.69, 9.17) is 4.74 Å². The average Bonchev–Trinajstić information content (AvgIpc) is 3.67. The van der Waals surface area contributed by atoms with Crippen molar-refractivity contribution in [2.45, 2.75) is 70.9 Å². The van der Waals surface area contributed by atoms with Gasteiger partial charge in [0.05, 0.1) is 23.9 Å². The Balaban J connectivity index is 1.60. The lowest BCUT2D eigenvalue weighted by Gasteiger charge is -2.39. The van der Waals surface area contributed by atoms with Gasteiger partial charge < -0.3 is 25.0 Å². The maximum Gasteiger partial charge on any atom is 0.258 e. The Morgan fingerprint density at radius 2 is 1.94 bits per heavy atom. The summed E-state index contributed by atoms with van der Waals surface area (Å²) in [7, 11) is 2.16. The van der Waals surface area contributed by atoms with Crippen LogP contribution in [0.1, 0.15) is 69.2 Å². The van der Waals surface area contributed by atoms with Gasteiger partial charge in [-0.05, 0) is 57.7 Å². The second-order valence-corrected chi connectivity index (χ2v) is 10.8. The second kappa shape index (κ2) is 11.1. The molecular weight excluding hydrogens is 430 g/mol. The van der Waals surface area contributed by atoms with Crippen molar-refractivity contribution in [2.75, 3.05) is 38.6 Å². The third-order valence-corrected chi connectivity index (χ3v) is 7.68. The summed E-state index contributed by atoms with van der Waals surface area (Å²) in [6, 6.07) is 5.08. The largest absolute Gasteiger partial charge is 0.486 e. The molecule has 188 valence electrons. The van der Waals surface area contributed by atoms with Crippen molar-refractivity contribution in [2.24, 2.45) is 17.8 Å². The quantitative estimate of drug-likeness (QED) is 0.603. The number of likely N-dealkylation sites (N-methyl/N-ethyl adjacent to an activating group) is 1. The molecule has 7 nitrogen and oxygen atoms in total. The molecular formula is C27H41N3O4. The summed E-state index contributed by atoms with van der Waals surface area (Å²) in [5, 5.41) is 12.9. The SMILES string of the molecule is C[C@H]1CN([C@@H](C)CO)C(=O)c2cccc(NC(=O)C3CC3)c2O[C@H]1CN(C)CC1CCCCC1. The zero-order valence-electron chi connectivity index (χ0n) is 21.0. The first-order valence-electron chi connectivity index (χ1n) is 13.1. The molecule has 0 spiro atoms. The molecule has 2 fully saturated rings. The van der Waals surface area contributed by atoms with Crippen molar-refractivity contribution < 1.29 is 19.4 Å². The summed E-state index contributed by atoms with van der Waals surface area (Å²) in [5.74, 6) is 1.13. The van der Waals surface area contributed by atoms with Crippen molar-refractivity contribution in [3.8, 4) is 5.75 Å². The van der Waals surface area contributed by atoms with Crippen LogP contribution in [0.2, 0.25) is 0 Å². The molecule has 4 rings (SSSR count). The molecule has 0 bridgehead atoms. The fourth-order valence-electron chi connectivity index (χ4n) is 5.33. The minimum absolute atomic E-state index is 0.00824. The third-order valence-electron chi connectivity index (χ3n) is 7.68. The monoisotopic (exact) mass is 471 g/mol. The smallest absolute Gasteiger partial charge is 0.258 e. The highest BCUT2D eigenvalue weighted by Crippen LogP contribution is 2.37. The second-order valence-electron chi connectivity index (χ2n) is 10.8. The van der Waals surface area contributed by atoms with Gasteiger partial charge in [-0.25, -0.2) is 0 Å². The number of nitrogens with zero attached hydrogens (tertiary/aromatic N) is 2. The van der Waals surface area contributed by atoms with Crippen LogP contribution >= 0.6 is 0 Å². The number of fused-ring (bicyclic) bond motifs is 1. The van der Waals surface area contributed by atoms with E-state index in [1.165, 1.54) is 32.1 Å². The average molecular weight is 472 g/mol. The number of nitrogens with one attached hydrogen (secondary N) is 1. The number of aliphatic hydroxyl groups is 1. The Labute approximate surface area is 203 Å². The Hall–Kier alpha value is -2.12. The molecule has 1 heterocycles. The van der Waals surface area contributed by atoms with E-state index in [1.807, 2.05) is 13.0 Å². The molecule has 0 saturated heterocycles. The minimum atomic E-state index is -0.300. The maximum absolute atomic E-state index is 13.5. The molecule has 1 aromatic carbocycles. The number of aliphatic hydroxyl groups excluding tert-OH is 1. The number of hydrogen-bond donors (Lipinski definition) is 2. The van der Waals surface area contributed by atoms with Crippen LogP contribution < -0.4 is 10.1 Å². The molecule has 2 amide bonds. The van der Waals surface area contributed by atoms with Crippen LogP contribution in [0.5, 0.6) is 5.75 Å². The van der Waals surface area contributed by atoms with E-state index in [-0.39, 0.29) is 42.4 Å². The maximum atomic E-state index is 13.5. The number of carbonyl (C=O) groups is 2. The molecule has 2 N–H and O–H groups in total. The Bertz CT molecular complexity index is 865. The molecule has 0 radical (unpaired) electrons. The van der Waals surface area contributed by atoms with Gasteiger partial charge in [-0.3, -0.25) is 9.59 Å². The summed E-state index contributed by atoms with van der Waals surface area (Å²) in [6.07, 6.45) is 8.26. The summed E-state index contributed by atoms with van der Waals surface area (Å²) in [6.45, 7) is 6.20. The first-order chi connectivity index (χ1) is 16.4. The van der Waals surface area contributed by atoms with Crippen LogP contribution in [-0.2, 0) is 4.79 Å². The normalized spacial score (nSPS) is 24.7. The highest BCUT2D eigenvalue weighted by molar-refractivity contribution is 6.02. The van der Waals surface area contributed by atoms with Crippen LogP contribution in [0.15, 0.2) is 18.2 Å². The van der Waals surface area contributed by atoms with E-state index in [0.29, 0.717) is 23.5 Å². The van der Waals surface area contributed by atoms with Crippen LogP contribution in [0, 0.1) is 17.8 Å². The van der Waals surface area contributed by atoms with Crippen molar-refractivity contribution in [3.63, 3.8) is 0 Å². The molecule has 3 atom stereocenters. The Kier molecular flexibility index (Phi) is 8.14. The molecule has 2 saturated carbocycles. The number of benzene rings is 1. The lowest BCUT2D eigenvalue weighted by molar-refractivity contribution is -0.117. The van der Waals surface area contributed by atoms with Crippen LogP contribution in [0.25, 0.3) is 0 Å².